The van der Waals surface area contributed by atoms with E-state index in [9.17, 15) is 14.3 Å². The Morgan fingerprint density at radius 2 is 1.88 bits per heavy atom. The summed E-state index contributed by atoms with van der Waals surface area (Å²) in [7, 11) is 2.90. The third kappa shape index (κ3) is 4.27. The highest BCUT2D eigenvalue weighted by Gasteiger charge is 2.32. The van der Waals surface area contributed by atoms with Crippen molar-refractivity contribution in [3.8, 4) is 17.2 Å². The fourth-order valence-electron chi connectivity index (χ4n) is 4.21. The largest absolute Gasteiger partial charge is 0.502 e. The van der Waals surface area contributed by atoms with E-state index in [0.29, 0.717) is 22.5 Å². The summed E-state index contributed by atoms with van der Waals surface area (Å²) in [4.78, 5) is 12.5. The first kappa shape index (κ1) is 23.1. The second-order valence-electron chi connectivity index (χ2n) is 7.86. The number of phenols is 1. The standard InChI is InChI=1S/C26H25FN2O5/c1-14-19(9-15-10-21(32-2)25(30)22(11-15)33-3)18-7-6-16(27)12-20(18)23(14)24(26(28)31)29-13-17-5-4-8-34-17/h4-12,24,29-30H,13H2,1-3H3,(H2,28,31)/b19-9-. The van der Waals surface area contributed by atoms with E-state index in [1.807, 2.05) is 13.0 Å². The number of ether oxygens (including phenoxy) is 2. The molecule has 0 fully saturated rings. The maximum Gasteiger partial charge on any atom is 0.239 e. The second-order valence-corrected chi connectivity index (χ2v) is 7.86. The van der Waals surface area contributed by atoms with Gasteiger partial charge in [0, 0.05) is 0 Å². The van der Waals surface area contributed by atoms with Gasteiger partial charge in [0.15, 0.2) is 11.5 Å². The number of hydrogen-bond donors (Lipinski definition) is 3. The summed E-state index contributed by atoms with van der Waals surface area (Å²) in [5.74, 6) is 0.0183. The number of carbonyl (C=O) groups is 1. The fourth-order valence-corrected chi connectivity index (χ4v) is 4.21. The molecule has 1 unspecified atom stereocenters. The molecular weight excluding hydrogens is 439 g/mol. The van der Waals surface area contributed by atoms with Gasteiger partial charge in [0.05, 0.1) is 27.0 Å². The first-order chi connectivity index (χ1) is 16.3. The maximum atomic E-state index is 14.3. The van der Waals surface area contributed by atoms with E-state index >= 15 is 0 Å². The summed E-state index contributed by atoms with van der Waals surface area (Å²) in [6, 6.07) is 10.4. The molecule has 1 amide bonds. The molecule has 1 atom stereocenters. The SMILES string of the molecule is COc1cc(/C=C2/C(C)=C(C(NCc3ccco3)C(N)=O)c3cc(F)ccc32)cc(OC)c1O. The van der Waals surface area contributed by atoms with Crippen molar-refractivity contribution in [1.29, 1.82) is 0 Å². The molecule has 1 aromatic heterocycles. The van der Waals surface area contributed by atoms with Gasteiger partial charge in [-0.25, -0.2) is 4.39 Å². The predicted octanol–water partition coefficient (Wildman–Crippen LogP) is 4.11. The van der Waals surface area contributed by atoms with Gasteiger partial charge < -0.3 is 24.7 Å². The first-order valence-corrected chi connectivity index (χ1v) is 10.6. The summed E-state index contributed by atoms with van der Waals surface area (Å²) in [5, 5.41) is 13.4. The third-order valence-corrected chi connectivity index (χ3v) is 5.82. The molecule has 7 nitrogen and oxygen atoms in total. The van der Waals surface area contributed by atoms with Crippen molar-refractivity contribution in [1.82, 2.24) is 5.32 Å². The summed E-state index contributed by atoms with van der Waals surface area (Å²) >= 11 is 0. The number of halogens is 1. The monoisotopic (exact) mass is 464 g/mol. The Balaban J connectivity index is 1.84. The van der Waals surface area contributed by atoms with Gasteiger partial charge in [-0.2, -0.15) is 0 Å². The number of furan rings is 1. The molecule has 0 bridgehead atoms. The van der Waals surface area contributed by atoms with Crippen LogP contribution >= 0.6 is 0 Å². The quantitative estimate of drug-likeness (QED) is 0.463. The van der Waals surface area contributed by atoms with Crippen LogP contribution in [-0.4, -0.2) is 31.3 Å². The highest BCUT2D eigenvalue weighted by molar-refractivity contribution is 6.10. The third-order valence-electron chi connectivity index (χ3n) is 5.82. The second kappa shape index (κ2) is 9.44. The fraction of sp³-hybridized carbons (Fsp3) is 0.192. The topological polar surface area (TPSA) is 107 Å². The predicted molar refractivity (Wildman–Crippen MR) is 127 cm³/mol. The van der Waals surface area contributed by atoms with Crippen molar-refractivity contribution in [2.45, 2.75) is 19.5 Å². The van der Waals surface area contributed by atoms with Gasteiger partial charge in [0.25, 0.3) is 0 Å². The van der Waals surface area contributed by atoms with Crippen LogP contribution in [0.15, 0.2) is 58.7 Å². The van der Waals surface area contributed by atoms with Gasteiger partial charge >= 0.3 is 0 Å². The molecule has 0 saturated carbocycles. The van der Waals surface area contributed by atoms with Crippen molar-refractivity contribution in [2.24, 2.45) is 5.73 Å². The number of nitrogens with two attached hydrogens (primary N) is 1. The van der Waals surface area contributed by atoms with E-state index in [1.165, 1.54) is 26.4 Å². The van der Waals surface area contributed by atoms with Gasteiger partial charge in [-0.3, -0.25) is 10.1 Å². The van der Waals surface area contributed by atoms with Crippen LogP contribution < -0.4 is 20.5 Å². The van der Waals surface area contributed by atoms with Crippen LogP contribution in [0.1, 0.15) is 29.4 Å². The van der Waals surface area contributed by atoms with Crippen LogP contribution in [0.3, 0.4) is 0 Å². The number of allylic oxidation sites excluding steroid dienone is 2. The number of methoxy groups -OCH3 is 2. The van der Waals surface area contributed by atoms with Crippen LogP contribution in [-0.2, 0) is 11.3 Å². The van der Waals surface area contributed by atoms with Crippen molar-refractivity contribution in [3.63, 3.8) is 0 Å². The summed E-state index contributed by atoms with van der Waals surface area (Å²) in [6.45, 7) is 2.13. The number of rotatable bonds is 8. The Morgan fingerprint density at radius 1 is 1.18 bits per heavy atom. The van der Waals surface area contributed by atoms with Gasteiger partial charge in [0.2, 0.25) is 11.7 Å². The lowest BCUT2D eigenvalue weighted by Crippen LogP contribution is -2.41. The van der Waals surface area contributed by atoms with Crippen LogP contribution in [0.4, 0.5) is 4.39 Å². The zero-order valence-electron chi connectivity index (χ0n) is 19.0. The summed E-state index contributed by atoms with van der Waals surface area (Å²) < 4.78 is 30.2. The minimum atomic E-state index is -0.875. The molecule has 4 rings (SSSR count). The molecule has 176 valence electrons. The van der Waals surface area contributed by atoms with Crippen molar-refractivity contribution in [2.75, 3.05) is 14.2 Å². The molecule has 0 radical (unpaired) electrons. The zero-order valence-corrected chi connectivity index (χ0v) is 19.0. The summed E-state index contributed by atoms with van der Waals surface area (Å²) in [6.07, 6.45) is 3.41. The number of hydrogen-bond acceptors (Lipinski definition) is 6. The lowest BCUT2D eigenvalue weighted by atomic mass is 9.97. The number of amides is 1. The summed E-state index contributed by atoms with van der Waals surface area (Å²) in [5.41, 5.74) is 9.94. The van der Waals surface area contributed by atoms with Crippen molar-refractivity contribution >= 4 is 23.1 Å². The van der Waals surface area contributed by atoms with E-state index in [-0.39, 0.29) is 23.8 Å². The number of phenolic OH excluding ortho intramolecular Hbond substituents is 1. The van der Waals surface area contributed by atoms with Gasteiger partial charge in [0.1, 0.15) is 17.6 Å². The Labute approximate surface area is 196 Å². The number of aromatic hydroxyl groups is 1. The van der Waals surface area contributed by atoms with Crippen molar-refractivity contribution in [3.05, 3.63) is 82.6 Å². The molecule has 0 saturated heterocycles. The number of nitrogens with one attached hydrogen (secondary N) is 1. The van der Waals surface area contributed by atoms with Gasteiger partial charge in [-0.1, -0.05) is 6.07 Å². The average molecular weight is 464 g/mol. The molecule has 34 heavy (non-hydrogen) atoms. The average Bonchev–Trinajstić information content (AvgIpc) is 3.42. The zero-order chi connectivity index (χ0) is 24.4. The highest BCUT2D eigenvalue weighted by atomic mass is 19.1. The van der Waals surface area contributed by atoms with E-state index in [4.69, 9.17) is 19.6 Å². The Bertz CT molecular complexity index is 1270. The maximum absolute atomic E-state index is 14.3. The van der Waals surface area contributed by atoms with E-state index in [1.54, 1.807) is 36.6 Å². The molecule has 4 N–H and O–H groups in total. The highest BCUT2D eigenvalue weighted by Crippen LogP contribution is 2.45. The molecule has 2 aromatic carbocycles. The van der Waals surface area contributed by atoms with Crippen LogP contribution in [0.2, 0.25) is 0 Å². The number of carbonyl (C=O) groups excluding carboxylic acids is 1. The Morgan fingerprint density at radius 3 is 2.47 bits per heavy atom. The van der Waals surface area contributed by atoms with Gasteiger partial charge in [-0.05, 0) is 82.8 Å². The van der Waals surface area contributed by atoms with Crippen LogP contribution in [0.25, 0.3) is 17.2 Å². The van der Waals surface area contributed by atoms with Crippen molar-refractivity contribution < 1.29 is 28.2 Å². The first-order valence-electron chi connectivity index (χ1n) is 10.6. The molecule has 0 spiro atoms. The number of primary amides is 1. The number of fused-ring (bicyclic) bond motifs is 1. The van der Waals surface area contributed by atoms with E-state index < -0.39 is 17.8 Å². The lowest BCUT2D eigenvalue weighted by molar-refractivity contribution is -0.118. The molecule has 1 aliphatic carbocycles. The molecular formula is C26H25FN2O5. The minimum Gasteiger partial charge on any atom is -0.502 e. The lowest BCUT2D eigenvalue weighted by Gasteiger charge is -2.18. The Hall–Kier alpha value is -4.04. The van der Waals surface area contributed by atoms with Crippen LogP contribution in [0, 0.1) is 5.82 Å². The molecule has 1 heterocycles. The molecule has 1 aliphatic rings. The smallest absolute Gasteiger partial charge is 0.239 e. The van der Waals surface area contributed by atoms with E-state index in [2.05, 4.69) is 5.32 Å². The van der Waals surface area contributed by atoms with Gasteiger partial charge in [-0.15, -0.1) is 0 Å². The van der Waals surface area contributed by atoms with E-state index in [0.717, 1.165) is 16.7 Å². The normalized spacial score (nSPS) is 14.9. The number of benzene rings is 2. The van der Waals surface area contributed by atoms with Crippen LogP contribution in [0.5, 0.6) is 17.2 Å². The Kier molecular flexibility index (Phi) is 6.43. The molecule has 8 heteroatoms. The molecule has 3 aromatic rings. The molecule has 0 aliphatic heterocycles. The minimum absolute atomic E-state index is 0.107.